The number of hydrogen-bond donors (Lipinski definition) is 3. The normalized spacial score (nSPS) is 16.2. The second-order valence-corrected chi connectivity index (χ2v) is 8.15. The number of thiophene rings is 1. The van der Waals surface area contributed by atoms with Crippen LogP contribution in [-0.2, 0) is 11.2 Å². The molecule has 4 rings (SSSR count). The Balaban J connectivity index is 0.00000256. The number of halogens is 1. The molecule has 0 saturated carbocycles. The fraction of sp³-hybridized carbons (Fsp3) is 0.409. The van der Waals surface area contributed by atoms with Crippen molar-refractivity contribution >= 4 is 52.2 Å². The number of ether oxygens (including phenoxy) is 1. The smallest absolute Gasteiger partial charge is 0.191 e. The Morgan fingerprint density at radius 1 is 1.20 bits per heavy atom. The van der Waals surface area contributed by atoms with Gasteiger partial charge in [-0.15, -0.1) is 35.3 Å². The van der Waals surface area contributed by atoms with Crippen molar-refractivity contribution in [2.75, 3.05) is 46.4 Å². The van der Waals surface area contributed by atoms with Crippen LogP contribution in [0.3, 0.4) is 0 Å². The lowest BCUT2D eigenvalue weighted by atomic mass is 10.1. The number of fused-ring (bicyclic) bond motifs is 1. The van der Waals surface area contributed by atoms with E-state index in [1.165, 1.54) is 21.3 Å². The number of nitrogens with one attached hydrogen (secondary N) is 3. The molecular formula is C22H30IN5OS. The summed E-state index contributed by atoms with van der Waals surface area (Å²) in [7, 11) is 1.83. The average Bonchev–Trinajstić information content (AvgIpc) is 3.44. The Bertz CT molecular complexity index is 921. The van der Waals surface area contributed by atoms with Gasteiger partial charge in [0.05, 0.1) is 19.3 Å². The quantitative estimate of drug-likeness (QED) is 0.244. The topological polar surface area (TPSA) is 64.7 Å². The largest absolute Gasteiger partial charge is 0.379 e. The maximum absolute atomic E-state index is 5.54. The molecule has 0 spiro atoms. The van der Waals surface area contributed by atoms with Gasteiger partial charge in [0.1, 0.15) is 0 Å². The maximum atomic E-state index is 5.54. The first-order chi connectivity index (χ1) is 14.3. The van der Waals surface area contributed by atoms with E-state index in [-0.39, 0.29) is 24.0 Å². The zero-order valence-corrected chi connectivity index (χ0v) is 20.4. The van der Waals surface area contributed by atoms with Gasteiger partial charge in [-0.1, -0.05) is 24.3 Å². The van der Waals surface area contributed by atoms with E-state index < -0.39 is 0 Å². The van der Waals surface area contributed by atoms with Crippen molar-refractivity contribution in [1.82, 2.24) is 20.5 Å². The van der Waals surface area contributed by atoms with Gasteiger partial charge < -0.3 is 20.4 Å². The molecule has 1 unspecified atom stereocenters. The molecule has 3 aromatic rings. The second-order valence-electron chi connectivity index (χ2n) is 7.17. The molecule has 2 aromatic heterocycles. The minimum Gasteiger partial charge on any atom is -0.379 e. The van der Waals surface area contributed by atoms with Crippen LogP contribution in [0.5, 0.6) is 0 Å². The minimum absolute atomic E-state index is 0. The lowest BCUT2D eigenvalue weighted by Crippen LogP contribution is -2.46. The molecule has 3 N–H and O–H groups in total. The van der Waals surface area contributed by atoms with Crippen LogP contribution in [0.25, 0.3) is 10.9 Å². The Hall–Kier alpha value is -1.62. The summed E-state index contributed by atoms with van der Waals surface area (Å²) in [6.07, 6.45) is 3.05. The zero-order chi connectivity index (χ0) is 19.9. The highest BCUT2D eigenvalue weighted by atomic mass is 127. The molecule has 30 heavy (non-hydrogen) atoms. The molecule has 0 radical (unpaired) electrons. The Morgan fingerprint density at radius 2 is 2.03 bits per heavy atom. The van der Waals surface area contributed by atoms with Crippen LogP contribution in [0, 0.1) is 0 Å². The van der Waals surface area contributed by atoms with E-state index in [9.17, 15) is 0 Å². The maximum Gasteiger partial charge on any atom is 0.191 e. The molecule has 1 fully saturated rings. The molecule has 1 aromatic carbocycles. The predicted octanol–water partition coefficient (Wildman–Crippen LogP) is 3.63. The first kappa shape index (κ1) is 23.1. The summed E-state index contributed by atoms with van der Waals surface area (Å²) in [6, 6.07) is 13.1. The molecule has 0 aliphatic carbocycles. The van der Waals surface area contributed by atoms with Crippen LogP contribution in [0.2, 0.25) is 0 Å². The summed E-state index contributed by atoms with van der Waals surface area (Å²) in [5, 5.41) is 10.4. The number of guanidine groups is 1. The van der Waals surface area contributed by atoms with E-state index in [0.29, 0.717) is 6.04 Å². The first-order valence-corrected chi connectivity index (χ1v) is 11.1. The number of morpholine rings is 1. The zero-order valence-electron chi connectivity index (χ0n) is 17.3. The van der Waals surface area contributed by atoms with Gasteiger partial charge in [0.15, 0.2) is 5.96 Å². The predicted molar refractivity (Wildman–Crippen MR) is 136 cm³/mol. The summed E-state index contributed by atoms with van der Waals surface area (Å²) < 4.78 is 5.54. The fourth-order valence-corrected chi connectivity index (χ4v) is 4.71. The van der Waals surface area contributed by atoms with Crippen molar-refractivity contribution in [2.45, 2.75) is 12.5 Å². The molecule has 8 heteroatoms. The number of nitrogens with zero attached hydrogens (tertiary/aromatic N) is 2. The number of para-hydroxylation sites is 1. The average molecular weight is 539 g/mol. The molecular weight excluding hydrogens is 509 g/mol. The van der Waals surface area contributed by atoms with E-state index in [1.54, 1.807) is 0 Å². The van der Waals surface area contributed by atoms with E-state index in [1.807, 2.05) is 18.4 Å². The van der Waals surface area contributed by atoms with Crippen molar-refractivity contribution in [3.63, 3.8) is 0 Å². The van der Waals surface area contributed by atoms with Crippen LogP contribution < -0.4 is 10.6 Å². The third-order valence-electron chi connectivity index (χ3n) is 5.41. The highest BCUT2D eigenvalue weighted by molar-refractivity contribution is 14.0. The third-order valence-corrected chi connectivity index (χ3v) is 6.38. The molecule has 1 saturated heterocycles. The van der Waals surface area contributed by atoms with Crippen LogP contribution in [-0.4, -0.2) is 62.3 Å². The molecule has 3 heterocycles. The van der Waals surface area contributed by atoms with Crippen molar-refractivity contribution < 1.29 is 4.74 Å². The van der Waals surface area contributed by atoms with Gasteiger partial charge in [0.25, 0.3) is 0 Å². The van der Waals surface area contributed by atoms with Crippen LogP contribution in [0.1, 0.15) is 16.5 Å². The van der Waals surface area contributed by atoms with E-state index >= 15 is 0 Å². The first-order valence-electron chi connectivity index (χ1n) is 10.2. The minimum atomic E-state index is 0. The third kappa shape index (κ3) is 5.75. The van der Waals surface area contributed by atoms with Crippen molar-refractivity contribution in [3.8, 4) is 0 Å². The monoisotopic (exact) mass is 539 g/mol. The number of H-pyrrole nitrogens is 1. The SMILES string of the molecule is CN=C(NCCc1c[nH]c2ccccc12)NCC(c1cccs1)N1CCOCC1.I. The van der Waals surface area contributed by atoms with Gasteiger partial charge >= 0.3 is 0 Å². The fourth-order valence-electron chi connectivity index (χ4n) is 3.85. The molecule has 1 aliphatic heterocycles. The van der Waals surface area contributed by atoms with Gasteiger partial charge in [0.2, 0.25) is 0 Å². The lowest BCUT2D eigenvalue weighted by molar-refractivity contribution is 0.0177. The van der Waals surface area contributed by atoms with Gasteiger partial charge in [0, 0.05) is 55.2 Å². The number of aromatic amines is 1. The van der Waals surface area contributed by atoms with Crippen molar-refractivity contribution in [3.05, 3.63) is 58.4 Å². The molecule has 1 atom stereocenters. The summed E-state index contributed by atoms with van der Waals surface area (Å²) in [6.45, 7) is 5.21. The van der Waals surface area contributed by atoms with E-state index in [4.69, 9.17) is 4.74 Å². The summed E-state index contributed by atoms with van der Waals surface area (Å²) in [5.74, 6) is 0.847. The van der Waals surface area contributed by atoms with Gasteiger partial charge in [-0.05, 0) is 29.5 Å². The Labute approximate surface area is 199 Å². The summed E-state index contributed by atoms with van der Waals surface area (Å²) >= 11 is 1.81. The van der Waals surface area contributed by atoms with Crippen molar-refractivity contribution in [2.24, 2.45) is 4.99 Å². The standard InChI is InChI=1S/C22H29N5OS.HI/c1-23-22(24-9-8-17-15-25-19-6-3-2-5-18(17)19)26-16-20(21-7-4-14-29-21)27-10-12-28-13-11-27;/h2-7,14-15,20,25H,8-13,16H2,1H3,(H2,23,24,26);1H. The Morgan fingerprint density at radius 3 is 2.80 bits per heavy atom. The highest BCUT2D eigenvalue weighted by Crippen LogP contribution is 2.25. The second kappa shape index (κ2) is 11.7. The number of hydrogen-bond acceptors (Lipinski definition) is 4. The number of aromatic nitrogens is 1. The van der Waals surface area contributed by atoms with Crippen LogP contribution >= 0.6 is 35.3 Å². The van der Waals surface area contributed by atoms with Gasteiger partial charge in [-0.3, -0.25) is 9.89 Å². The van der Waals surface area contributed by atoms with E-state index in [2.05, 4.69) is 73.5 Å². The lowest BCUT2D eigenvalue weighted by Gasteiger charge is -2.34. The number of rotatable bonds is 7. The number of benzene rings is 1. The molecule has 6 nitrogen and oxygen atoms in total. The van der Waals surface area contributed by atoms with Crippen molar-refractivity contribution in [1.29, 1.82) is 0 Å². The molecule has 0 bridgehead atoms. The van der Waals surface area contributed by atoms with Gasteiger partial charge in [-0.2, -0.15) is 0 Å². The molecule has 162 valence electrons. The van der Waals surface area contributed by atoms with Crippen LogP contribution in [0.15, 0.2) is 53.0 Å². The number of aliphatic imine (C=N–C) groups is 1. The highest BCUT2D eigenvalue weighted by Gasteiger charge is 2.23. The summed E-state index contributed by atoms with van der Waals surface area (Å²) in [5.41, 5.74) is 2.52. The molecule has 1 aliphatic rings. The van der Waals surface area contributed by atoms with Gasteiger partial charge in [-0.25, -0.2) is 0 Å². The Kier molecular flexibility index (Phi) is 8.98. The van der Waals surface area contributed by atoms with E-state index in [0.717, 1.165) is 51.8 Å². The molecule has 0 amide bonds. The van der Waals surface area contributed by atoms with Crippen LogP contribution in [0.4, 0.5) is 0 Å². The summed E-state index contributed by atoms with van der Waals surface area (Å²) in [4.78, 5) is 11.6.